The molecule has 4 aromatic rings. The van der Waals surface area contributed by atoms with Crippen molar-refractivity contribution in [3.05, 3.63) is 60.2 Å². The molecule has 0 radical (unpaired) electrons. The van der Waals surface area contributed by atoms with Crippen LogP contribution in [-0.4, -0.2) is 22.7 Å². The van der Waals surface area contributed by atoms with Crippen molar-refractivity contribution in [2.45, 2.75) is 39.0 Å². The van der Waals surface area contributed by atoms with Gasteiger partial charge in [-0.05, 0) is 52.4 Å². The maximum Gasteiger partial charge on any atom is 0.303 e. The highest BCUT2D eigenvalue weighted by Crippen LogP contribution is 2.36. The van der Waals surface area contributed by atoms with Gasteiger partial charge in [-0.2, -0.15) is 0 Å². The minimum atomic E-state index is -0.828. The van der Waals surface area contributed by atoms with Gasteiger partial charge in [0.15, 0.2) is 5.58 Å². The second-order valence-electron chi connectivity index (χ2n) is 8.49. The Bertz CT molecular complexity index is 1220. The number of oxazole rings is 1. The number of benzene rings is 3. The Morgan fingerprint density at radius 3 is 2.50 bits per heavy atom. The number of carboxylic acid groups (broad SMARTS) is 1. The molecule has 0 atom stereocenters. The molecule has 154 valence electrons. The lowest BCUT2D eigenvalue weighted by atomic mass is 9.87. The van der Waals surface area contributed by atoms with E-state index in [2.05, 4.69) is 32.9 Å². The zero-order chi connectivity index (χ0) is 21.3. The molecule has 5 nitrogen and oxygen atoms in total. The monoisotopic (exact) mass is 403 g/mol. The normalized spacial score (nSPS) is 11.8. The standard InChI is InChI=1S/C25H25NO4/c1-25(2,3)18-10-11-21-20(15-18)26-24(30-21)19-13-16-7-4-5-8-17(16)14-22(19)29-12-6-9-23(27)28/h4-5,7-8,10-11,13-15H,6,9,12H2,1-3H3,(H,27,28). The highest BCUT2D eigenvalue weighted by molar-refractivity contribution is 5.90. The molecule has 5 heteroatoms. The molecule has 3 aromatic carbocycles. The van der Waals surface area contributed by atoms with Crippen molar-refractivity contribution >= 4 is 27.8 Å². The Morgan fingerprint density at radius 2 is 1.80 bits per heavy atom. The summed E-state index contributed by atoms with van der Waals surface area (Å²) in [7, 11) is 0. The van der Waals surface area contributed by atoms with Gasteiger partial charge >= 0.3 is 5.97 Å². The van der Waals surface area contributed by atoms with Crippen LogP contribution in [0.1, 0.15) is 39.2 Å². The van der Waals surface area contributed by atoms with Gasteiger partial charge < -0.3 is 14.3 Å². The first kappa shape index (κ1) is 20.0. The summed E-state index contributed by atoms with van der Waals surface area (Å²) in [5.74, 6) is 0.308. The lowest BCUT2D eigenvalue weighted by molar-refractivity contribution is -0.137. The molecule has 0 aliphatic rings. The Hall–Kier alpha value is -3.34. The molecule has 0 spiro atoms. The smallest absolute Gasteiger partial charge is 0.303 e. The molecular weight excluding hydrogens is 378 g/mol. The third-order valence-electron chi connectivity index (χ3n) is 5.12. The van der Waals surface area contributed by atoms with Crippen molar-refractivity contribution in [1.29, 1.82) is 0 Å². The van der Waals surface area contributed by atoms with E-state index >= 15 is 0 Å². The maximum atomic E-state index is 10.8. The first-order valence-electron chi connectivity index (χ1n) is 10.1. The average molecular weight is 403 g/mol. The van der Waals surface area contributed by atoms with E-state index in [1.54, 1.807) is 0 Å². The number of hydrogen-bond donors (Lipinski definition) is 1. The summed E-state index contributed by atoms with van der Waals surface area (Å²) in [5, 5.41) is 11.0. The Kier molecular flexibility index (Phi) is 5.20. The minimum absolute atomic E-state index is 0.0225. The van der Waals surface area contributed by atoms with Gasteiger partial charge in [-0.1, -0.05) is 51.1 Å². The van der Waals surface area contributed by atoms with E-state index in [0.717, 1.165) is 27.4 Å². The van der Waals surface area contributed by atoms with Gasteiger partial charge in [0.1, 0.15) is 11.3 Å². The minimum Gasteiger partial charge on any atom is -0.493 e. The molecule has 1 aromatic heterocycles. The number of ether oxygens (including phenoxy) is 1. The van der Waals surface area contributed by atoms with Crippen LogP contribution >= 0.6 is 0 Å². The molecule has 30 heavy (non-hydrogen) atoms. The van der Waals surface area contributed by atoms with Gasteiger partial charge in [-0.25, -0.2) is 4.98 Å². The molecule has 1 N–H and O–H groups in total. The van der Waals surface area contributed by atoms with Crippen LogP contribution in [0.2, 0.25) is 0 Å². The van der Waals surface area contributed by atoms with Crippen molar-refractivity contribution < 1.29 is 19.1 Å². The summed E-state index contributed by atoms with van der Waals surface area (Å²) < 4.78 is 12.0. The number of fused-ring (bicyclic) bond motifs is 2. The molecule has 4 rings (SSSR count). The lowest BCUT2D eigenvalue weighted by Crippen LogP contribution is -2.10. The number of aromatic nitrogens is 1. The van der Waals surface area contributed by atoms with Crippen LogP contribution in [0.4, 0.5) is 0 Å². The van der Waals surface area contributed by atoms with E-state index in [1.807, 2.05) is 42.5 Å². The average Bonchev–Trinajstić information content (AvgIpc) is 3.13. The highest BCUT2D eigenvalue weighted by atomic mass is 16.5. The van der Waals surface area contributed by atoms with Crippen LogP contribution in [0, 0.1) is 0 Å². The largest absolute Gasteiger partial charge is 0.493 e. The predicted molar refractivity (Wildman–Crippen MR) is 118 cm³/mol. The fourth-order valence-electron chi connectivity index (χ4n) is 3.42. The number of nitrogens with zero attached hydrogens (tertiary/aromatic N) is 1. The van der Waals surface area contributed by atoms with Gasteiger partial charge in [0, 0.05) is 6.42 Å². The number of hydrogen-bond acceptors (Lipinski definition) is 4. The molecule has 0 saturated heterocycles. The zero-order valence-electron chi connectivity index (χ0n) is 17.4. The number of carbonyl (C=O) groups is 1. The van der Waals surface area contributed by atoms with Gasteiger partial charge in [0.25, 0.3) is 0 Å². The maximum absolute atomic E-state index is 10.8. The summed E-state index contributed by atoms with van der Waals surface area (Å²) in [4.78, 5) is 15.5. The van der Waals surface area contributed by atoms with Crippen molar-refractivity contribution in [3.63, 3.8) is 0 Å². The lowest BCUT2D eigenvalue weighted by Gasteiger charge is -2.18. The van der Waals surface area contributed by atoms with E-state index in [4.69, 9.17) is 19.2 Å². The third-order valence-corrected chi connectivity index (χ3v) is 5.12. The van der Waals surface area contributed by atoms with Crippen molar-refractivity contribution in [3.8, 4) is 17.2 Å². The van der Waals surface area contributed by atoms with Crippen LogP contribution in [-0.2, 0) is 10.2 Å². The van der Waals surface area contributed by atoms with E-state index in [9.17, 15) is 4.79 Å². The Labute approximate surface area is 175 Å². The Morgan fingerprint density at radius 1 is 1.07 bits per heavy atom. The van der Waals surface area contributed by atoms with Gasteiger partial charge in [0.2, 0.25) is 5.89 Å². The molecule has 0 saturated carbocycles. The number of aliphatic carboxylic acids is 1. The molecule has 0 aliphatic carbocycles. The Balaban J connectivity index is 1.76. The highest BCUT2D eigenvalue weighted by Gasteiger charge is 2.18. The topological polar surface area (TPSA) is 72.6 Å². The van der Waals surface area contributed by atoms with Crippen LogP contribution < -0.4 is 4.74 Å². The summed E-state index contributed by atoms with van der Waals surface area (Å²) in [6.45, 7) is 6.82. The summed E-state index contributed by atoms with van der Waals surface area (Å²) in [6.07, 6.45) is 0.505. The second kappa shape index (κ2) is 7.82. The van der Waals surface area contributed by atoms with Crippen LogP contribution in [0.15, 0.2) is 59.0 Å². The second-order valence-corrected chi connectivity index (χ2v) is 8.49. The molecule has 0 unspecified atom stereocenters. The third kappa shape index (κ3) is 4.15. The quantitative estimate of drug-likeness (QED) is 0.389. The van der Waals surface area contributed by atoms with Crippen molar-refractivity contribution in [2.75, 3.05) is 6.61 Å². The van der Waals surface area contributed by atoms with Crippen molar-refractivity contribution in [1.82, 2.24) is 4.98 Å². The van der Waals surface area contributed by atoms with Gasteiger partial charge in [-0.3, -0.25) is 4.79 Å². The molecule has 0 fully saturated rings. The SMILES string of the molecule is CC(C)(C)c1ccc2oc(-c3cc4ccccc4cc3OCCCC(=O)O)nc2c1. The first-order valence-corrected chi connectivity index (χ1v) is 10.1. The van der Waals surface area contributed by atoms with E-state index in [0.29, 0.717) is 24.7 Å². The van der Waals surface area contributed by atoms with E-state index in [-0.39, 0.29) is 11.8 Å². The van der Waals surface area contributed by atoms with Gasteiger partial charge in [0.05, 0.1) is 12.2 Å². The van der Waals surface area contributed by atoms with Crippen LogP contribution in [0.5, 0.6) is 5.75 Å². The van der Waals surface area contributed by atoms with Crippen LogP contribution in [0.25, 0.3) is 33.3 Å². The molecule has 1 heterocycles. The molecular formula is C25H25NO4. The summed E-state index contributed by atoms with van der Waals surface area (Å²) in [6, 6.07) is 18.1. The number of rotatable bonds is 6. The van der Waals surface area contributed by atoms with Crippen molar-refractivity contribution in [2.24, 2.45) is 0 Å². The van der Waals surface area contributed by atoms with Crippen LogP contribution in [0.3, 0.4) is 0 Å². The summed E-state index contributed by atoms with van der Waals surface area (Å²) in [5.41, 5.74) is 3.51. The summed E-state index contributed by atoms with van der Waals surface area (Å²) >= 11 is 0. The van der Waals surface area contributed by atoms with E-state index < -0.39 is 5.97 Å². The first-order chi connectivity index (χ1) is 14.3. The molecule has 0 aliphatic heterocycles. The van der Waals surface area contributed by atoms with Gasteiger partial charge in [-0.15, -0.1) is 0 Å². The predicted octanol–water partition coefficient (Wildman–Crippen LogP) is 6.19. The number of carboxylic acids is 1. The molecule has 0 amide bonds. The molecule has 0 bridgehead atoms. The zero-order valence-corrected chi connectivity index (χ0v) is 17.4. The fourth-order valence-corrected chi connectivity index (χ4v) is 3.42. The van der Waals surface area contributed by atoms with E-state index in [1.165, 1.54) is 5.56 Å². The fraction of sp³-hybridized carbons (Fsp3) is 0.280.